The summed E-state index contributed by atoms with van der Waals surface area (Å²) in [5.74, 6) is -0.210. The summed E-state index contributed by atoms with van der Waals surface area (Å²) in [4.78, 5) is 30.7. The molecule has 2 aliphatic rings. The topological polar surface area (TPSA) is 112 Å². The number of aromatic nitrogens is 1. The van der Waals surface area contributed by atoms with Crippen LogP contribution >= 0.6 is 0 Å². The first kappa shape index (κ1) is 16.8. The second-order valence-corrected chi connectivity index (χ2v) is 6.31. The van der Waals surface area contributed by atoms with Gasteiger partial charge in [-0.2, -0.15) is 0 Å². The highest BCUT2D eigenvalue weighted by Gasteiger charge is 2.42. The van der Waals surface area contributed by atoms with Gasteiger partial charge in [-0.05, 0) is 37.5 Å². The molecule has 2 fully saturated rings. The Balaban J connectivity index is 1.66. The molecule has 24 heavy (non-hydrogen) atoms. The maximum absolute atomic E-state index is 12.9. The summed E-state index contributed by atoms with van der Waals surface area (Å²) in [5.41, 5.74) is 13.3. The van der Waals surface area contributed by atoms with E-state index in [1.165, 1.54) is 0 Å². The summed E-state index contributed by atoms with van der Waals surface area (Å²) in [7, 11) is 0. The molecule has 2 saturated heterocycles. The van der Waals surface area contributed by atoms with E-state index in [9.17, 15) is 9.59 Å². The summed E-state index contributed by atoms with van der Waals surface area (Å²) in [6.07, 6.45) is 4.59. The van der Waals surface area contributed by atoms with Gasteiger partial charge in [-0.15, -0.1) is 0 Å². The zero-order valence-electron chi connectivity index (χ0n) is 13.7. The molecule has 8 nitrogen and oxygen atoms in total. The average Bonchev–Trinajstić information content (AvgIpc) is 3.22. The lowest BCUT2D eigenvalue weighted by Crippen LogP contribution is -2.52. The average molecular weight is 332 g/mol. The van der Waals surface area contributed by atoms with Crippen molar-refractivity contribution in [2.24, 2.45) is 5.73 Å². The number of nitrogens with two attached hydrogens (primary N) is 1. The molecule has 5 N–H and O–H groups in total. The van der Waals surface area contributed by atoms with Crippen molar-refractivity contribution in [1.82, 2.24) is 26.1 Å². The van der Waals surface area contributed by atoms with E-state index in [4.69, 9.17) is 5.73 Å². The molecular formula is C16H24N6O2. The van der Waals surface area contributed by atoms with Crippen LogP contribution in [0.3, 0.4) is 0 Å². The molecular weight excluding hydrogens is 308 g/mol. The van der Waals surface area contributed by atoms with Gasteiger partial charge in [0.05, 0.1) is 0 Å². The fraction of sp³-hybridized carbons (Fsp3) is 0.562. The van der Waals surface area contributed by atoms with Gasteiger partial charge in [0.2, 0.25) is 11.8 Å². The predicted octanol–water partition coefficient (Wildman–Crippen LogP) is -0.946. The minimum Gasteiger partial charge on any atom is -0.355 e. The van der Waals surface area contributed by atoms with Crippen LogP contribution in [0.15, 0.2) is 24.5 Å². The van der Waals surface area contributed by atoms with Crippen LogP contribution in [0.4, 0.5) is 0 Å². The van der Waals surface area contributed by atoms with Crippen molar-refractivity contribution in [3.8, 4) is 0 Å². The van der Waals surface area contributed by atoms with E-state index in [1.54, 1.807) is 17.3 Å². The third-order valence-corrected chi connectivity index (χ3v) is 4.58. The zero-order valence-corrected chi connectivity index (χ0v) is 13.7. The monoisotopic (exact) mass is 332 g/mol. The number of amides is 2. The van der Waals surface area contributed by atoms with Gasteiger partial charge in [0, 0.05) is 37.6 Å². The fourth-order valence-corrected chi connectivity index (χ4v) is 3.39. The first-order valence-corrected chi connectivity index (χ1v) is 8.35. The third-order valence-electron chi connectivity index (χ3n) is 4.58. The summed E-state index contributed by atoms with van der Waals surface area (Å²) >= 11 is 0. The third kappa shape index (κ3) is 3.40. The molecule has 4 atom stereocenters. The molecule has 2 unspecified atom stereocenters. The Labute approximate surface area is 141 Å². The lowest BCUT2D eigenvalue weighted by Gasteiger charge is -2.26. The second-order valence-electron chi connectivity index (χ2n) is 6.31. The molecule has 3 rings (SSSR count). The van der Waals surface area contributed by atoms with Crippen LogP contribution in [0.2, 0.25) is 0 Å². The minimum atomic E-state index is -0.478. The number of likely N-dealkylation sites (N-methyl/N-ethyl adjacent to an activating group) is 1. The standard InChI is InChI=1S/C16H24N6O2/c1-2-19-15(23)14-7-11(17)9-22(14)16(24)13-8-12(20-21-13)10-3-5-18-6-4-10/h3-6,11-14,20-21H,2,7-9,17H2,1H3,(H,19,23)/t11-,12?,13?,14+/m1/s1. The number of hydrogen-bond donors (Lipinski definition) is 4. The van der Waals surface area contributed by atoms with Crippen molar-refractivity contribution in [2.75, 3.05) is 13.1 Å². The summed E-state index contributed by atoms with van der Waals surface area (Å²) < 4.78 is 0. The van der Waals surface area contributed by atoms with Gasteiger partial charge in [0.1, 0.15) is 12.1 Å². The van der Waals surface area contributed by atoms with Crippen LogP contribution in [-0.4, -0.2) is 52.9 Å². The molecule has 8 heteroatoms. The number of likely N-dealkylation sites (tertiary alicyclic amines) is 1. The zero-order chi connectivity index (χ0) is 17.1. The smallest absolute Gasteiger partial charge is 0.242 e. The first-order valence-electron chi connectivity index (χ1n) is 8.35. The van der Waals surface area contributed by atoms with Crippen molar-refractivity contribution in [1.29, 1.82) is 0 Å². The van der Waals surface area contributed by atoms with Crippen LogP contribution in [0, 0.1) is 0 Å². The molecule has 0 spiro atoms. The van der Waals surface area contributed by atoms with Crippen molar-refractivity contribution in [3.05, 3.63) is 30.1 Å². The molecule has 1 aromatic heterocycles. The lowest BCUT2D eigenvalue weighted by atomic mass is 10.0. The molecule has 2 amide bonds. The number of carbonyl (C=O) groups is 2. The molecule has 0 bridgehead atoms. The Morgan fingerprint density at radius 3 is 2.79 bits per heavy atom. The molecule has 130 valence electrons. The molecule has 2 aliphatic heterocycles. The van der Waals surface area contributed by atoms with Crippen molar-refractivity contribution >= 4 is 11.8 Å². The number of rotatable bonds is 4. The van der Waals surface area contributed by atoms with E-state index >= 15 is 0 Å². The van der Waals surface area contributed by atoms with E-state index in [0.29, 0.717) is 25.9 Å². The van der Waals surface area contributed by atoms with Crippen molar-refractivity contribution in [3.63, 3.8) is 0 Å². The molecule has 1 aromatic rings. The minimum absolute atomic E-state index is 0.0427. The van der Waals surface area contributed by atoms with Crippen molar-refractivity contribution < 1.29 is 9.59 Å². The molecule has 0 aromatic carbocycles. The summed E-state index contributed by atoms with van der Waals surface area (Å²) in [5, 5.41) is 2.79. The van der Waals surface area contributed by atoms with Crippen molar-refractivity contribution in [2.45, 2.75) is 43.9 Å². The summed E-state index contributed by atoms with van der Waals surface area (Å²) in [6.45, 7) is 2.82. The van der Waals surface area contributed by atoms with Gasteiger partial charge in [-0.3, -0.25) is 14.6 Å². The maximum atomic E-state index is 12.9. The highest BCUT2D eigenvalue weighted by atomic mass is 16.2. The Hall–Kier alpha value is -2.03. The van der Waals surface area contributed by atoms with Crippen LogP contribution in [0.1, 0.15) is 31.4 Å². The Bertz CT molecular complexity index is 595. The predicted molar refractivity (Wildman–Crippen MR) is 88.4 cm³/mol. The van der Waals surface area contributed by atoms with E-state index in [1.807, 2.05) is 19.1 Å². The van der Waals surface area contributed by atoms with E-state index in [2.05, 4.69) is 21.2 Å². The molecule has 0 aliphatic carbocycles. The highest BCUT2D eigenvalue weighted by Crippen LogP contribution is 2.25. The van der Waals surface area contributed by atoms with Gasteiger partial charge >= 0.3 is 0 Å². The van der Waals surface area contributed by atoms with Gasteiger partial charge in [-0.1, -0.05) is 0 Å². The van der Waals surface area contributed by atoms with E-state index in [0.717, 1.165) is 5.56 Å². The largest absolute Gasteiger partial charge is 0.355 e. The van der Waals surface area contributed by atoms with Crippen LogP contribution in [0.25, 0.3) is 0 Å². The number of carbonyl (C=O) groups excluding carboxylic acids is 2. The normalized spacial score (nSPS) is 29.7. The van der Waals surface area contributed by atoms with Gasteiger partial charge in [0.25, 0.3) is 0 Å². The quantitative estimate of drug-likeness (QED) is 0.566. The number of hydrogen-bond acceptors (Lipinski definition) is 6. The number of nitrogens with zero attached hydrogens (tertiary/aromatic N) is 2. The lowest BCUT2D eigenvalue weighted by molar-refractivity contribution is -0.139. The highest BCUT2D eigenvalue weighted by molar-refractivity contribution is 5.90. The van der Waals surface area contributed by atoms with Crippen LogP contribution in [-0.2, 0) is 9.59 Å². The number of nitrogens with one attached hydrogen (secondary N) is 3. The second kappa shape index (κ2) is 7.25. The molecule has 3 heterocycles. The van der Waals surface area contributed by atoms with E-state index < -0.39 is 6.04 Å². The Morgan fingerprint density at radius 1 is 1.33 bits per heavy atom. The van der Waals surface area contributed by atoms with E-state index in [-0.39, 0.29) is 29.9 Å². The Kier molecular flexibility index (Phi) is 5.08. The SMILES string of the molecule is CCNC(=O)[C@@H]1C[C@@H](N)CN1C(=O)C1CC(c2ccncc2)NN1. The molecule has 0 saturated carbocycles. The first-order chi connectivity index (χ1) is 11.6. The van der Waals surface area contributed by atoms with Crippen LogP contribution in [0.5, 0.6) is 0 Å². The summed E-state index contributed by atoms with van der Waals surface area (Å²) in [6, 6.07) is 2.89. The number of hydrazine groups is 1. The van der Waals surface area contributed by atoms with Gasteiger partial charge in [0.15, 0.2) is 0 Å². The van der Waals surface area contributed by atoms with Crippen LogP contribution < -0.4 is 21.9 Å². The van der Waals surface area contributed by atoms with Gasteiger partial charge < -0.3 is 16.0 Å². The maximum Gasteiger partial charge on any atom is 0.242 e. The molecule has 0 radical (unpaired) electrons. The number of pyridine rings is 1. The Morgan fingerprint density at radius 2 is 2.08 bits per heavy atom. The fourth-order valence-electron chi connectivity index (χ4n) is 3.39. The van der Waals surface area contributed by atoms with Gasteiger partial charge in [-0.25, -0.2) is 10.9 Å².